The van der Waals surface area contributed by atoms with Crippen molar-refractivity contribution in [3.05, 3.63) is 33.8 Å². The zero-order valence-corrected chi connectivity index (χ0v) is 14.9. The molecule has 1 fully saturated rings. The fourth-order valence-electron chi connectivity index (χ4n) is 2.80. The van der Waals surface area contributed by atoms with Gasteiger partial charge in [0.05, 0.1) is 12.7 Å². The molecule has 1 N–H and O–H groups in total. The summed E-state index contributed by atoms with van der Waals surface area (Å²) < 4.78 is 7.00. The maximum absolute atomic E-state index is 5.78. The molecular weight excluding hydrogens is 328 g/mol. The van der Waals surface area contributed by atoms with Crippen LogP contribution in [-0.4, -0.2) is 36.7 Å². The zero-order chi connectivity index (χ0) is 15.2. The molecule has 0 amide bonds. The van der Waals surface area contributed by atoms with E-state index in [1.165, 1.54) is 15.6 Å². The summed E-state index contributed by atoms with van der Waals surface area (Å²) in [5.74, 6) is 0. The van der Waals surface area contributed by atoms with Crippen molar-refractivity contribution in [2.24, 2.45) is 0 Å². The minimum Gasteiger partial charge on any atom is -0.376 e. The number of morpholine rings is 1. The van der Waals surface area contributed by atoms with Gasteiger partial charge in [0, 0.05) is 30.1 Å². The molecular formula is C17H27BrN2O. The number of ether oxygens (including phenoxy) is 1. The molecule has 1 aliphatic heterocycles. The van der Waals surface area contributed by atoms with E-state index in [0.29, 0.717) is 12.1 Å². The summed E-state index contributed by atoms with van der Waals surface area (Å²) in [6.07, 6.45) is 1.47. The predicted molar refractivity (Wildman–Crippen MR) is 91.4 cm³/mol. The maximum Gasteiger partial charge on any atom is 0.0674 e. The lowest BCUT2D eigenvalue weighted by atomic mass is 10.1. The van der Waals surface area contributed by atoms with E-state index < -0.39 is 0 Å². The van der Waals surface area contributed by atoms with Gasteiger partial charge in [-0.1, -0.05) is 41.9 Å². The number of nitrogens with one attached hydrogen (secondary N) is 1. The van der Waals surface area contributed by atoms with E-state index in [9.17, 15) is 0 Å². The minimum absolute atomic E-state index is 0.333. The molecule has 0 aliphatic carbocycles. The lowest BCUT2D eigenvalue weighted by Crippen LogP contribution is -2.47. The maximum atomic E-state index is 5.78. The van der Waals surface area contributed by atoms with E-state index in [-0.39, 0.29) is 0 Å². The third-order valence-corrected chi connectivity index (χ3v) is 4.86. The Labute approximate surface area is 137 Å². The van der Waals surface area contributed by atoms with Crippen LogP contribution in [0, 0.1) is 0 Å². The van der Waals surface area contributed by atoms with Crippen LogP contribution in [0.25, 0.3) is 0 Å². The van der Waals surface area contributed by atoms with Crippen molar-refractivity contribution < 1.29 is 4.74 Å². The summed E-state index contributed by atoms with van der Waals surface area (Å²) in [5.41, 5.74) is 2.69. The molecule has 0 aromatic heterocycles. The van der Waals surface area contributed by atoms with Crippen LogP contribution in [0.4, 0.5) is 0 Å². The number of nitrogens with zero attached hydrogens (tertiary/aromatic N) is 1. The zero-order valence-electron chi connectivity index (χ0n) is 13.4. The average Bonchev–Trinajstić information content (AvgIpc) is 2.48. The smallest absolute Gasteiger partial charge is 0.0674 e. The average molecular weight is 355 g/mol. The Hall–Kier alpha value is -0.420. The van der Waals surface area contributed by atoms with E-state index in [0.717, 1.165) is 39.2 Å². The molecule has 1 aromatic carbocycles. The fourth-order valence-corrected chi connectivity index (χ4v) is 3.35. The standard InChI is InChI=1S/C17H27BrN2O/c1-4-16-12-21-13(3)10-20(16)11-15-7-6-14(8-17(15)18)9-19-5-2/h6-8,13,16,19H,4-5,9-12H2,1-3H3. The fraction of sp³-hybridized carbons (Fsp3) is 0.647. The molecule has 1 saturated heterocycles. The van der Waals surface area contributed by atoms with Crippen molar-refractivity contribution in [2.45, 2.75) is 52.4 Å². The first-order valence-electron chi connectivity index (χ1n) is 7.97. The Morgan fingerprint density at radius 1 is 1.38 bits per heavy atom. The summed E-state index contributed by atoms with van der Waals surface area (Å²) in [4.78, 5) is 2.55. The second-order valence-electron chi connectivity index (χ2n) is 5.84. The second kappa shape index (κ2) is 8.28. The molecule has 0 bridgehead atoms. The summed E-state index contributed by atoms with van der Waals surface area (Å²) in [5, 5.41) is 3.37. The first-order valence-corrected chi connectivity index (χ1v) is 8.77. The quantitative estimate of drug-likeness (QED) is 0.845. The van der Waals surface area contributed by atoms with Crippen LogP contribution in [-0.2, 0) is 17.8 Å². The number of benzene rings is 1. The number of hydrogen-bond donors (Lipinski definition) is 1. The highest BCUT2D eigenvalue weighted by molar-refractivity contribution is 9.10. The van der Waals surface area contributed by atoms with Crippen LogP contribution in [0.1, 0.15) is 38.3 Å². The van der Waals surface area contributed by atoms with Gasteiger partial charge >= 0.3 is 0 Å². The highest BCUT2D eigenvalue weighted by atomic mass is 79.9. The van der Waals surface area contributed by atoms with Gasteiger partial charge in [-0.15, -0.1) is 0 Å². The highest BCUT2D eigenvalue weighted by Gasteiger charge is 2.25. The van der Waals surface area contributed by atoms with Gasteiger partial charge in [-0.05, 0) is 37.1 Å². The minimum atomic E-state index is 0.333. The van der Waals surface area contributed by atoms with Crippen LogP contribution in [0.3, 0.4) is 0 Å². The number of rotatable bonds is 6. The van der Waals surface area contributed by atoms with Crippen molar-refractivity contribution in [3.63, 3.8) is 0 Å². The molecule has 0 saturated carbocycles. The Kier molecular flexibility index (Phi) is 6.68. The van der Waals surface area contributed by atoms with Gasteiger partial charge < -0.3 is 10.1 Å². The summed E-state index contributed by atoms with van der Waals surface area (Å²) in [6, 6.07) is 7.26. The van der Waals surface area contributed by atoms with Crippen LogP contribution in [0.15, 0.2) is 22.7 Å². The Balaban J connectivity index is 2.04. The lowest BCUT2D eigenvalue weighted by molar-refractivity contribution is -0.0592. The Bertz CT molecular complexity index is 452. The van der Waals surface area contributed by atoms with Gasteiger partial charge in [-0.2, -0.15) is 0 Å². The van der Waals surface area contributed by atoms with Gasteiger partial charge in [0.2, 0.25) is 0 Å². The van der Waals surface area contributed by atoms with Crippen LogP contribution in [0.2, 0.25) is 0 Å². The molecule has 4 heteroatoms. The van der Waals surface area contributed by atoms with E-state index in [1.54, 1.807) is 0 Å². The van der Waals surface area contributed by atoms with E-state index in [1.807, 2.05) is 0 Å². The monoisotopic (exact) mass is 354 g/mol. The predicted octanol–water partition coefficient (Wildman–Crippen LogP) is 3.56. The molecule has 2 unspecified atom stereocenters. The third kappa shape index (κ3) is 4.78. The molecule has 0 spiro atoms. The van der Waals surface area contributed by atoms with E-state index >= 15 is 0 Å². The van der Waals surface area contributed by atoms with Crippen LogP contribution < -0.4 is 5.32 Å². The van der Waals surface area contributed by atoms with Crippen molar-refractivity contribution in [1.82, 2.24) is 10.2 Å². The van der Waals surface area contributed by atoms with Crippen molar-refractivity contribution in [3.8, 4) is 0 Å². The SMILES string of the molecule is CCNCc1ccc(CN2CC(C)OCC2CC)c(Br)c1. The molecule has 3 nitrogen and oxygen atoms in total. The molecule has 2 rings (SSSR count). The first-order chi connectivity index (χ1) is 10.1. The molecule has 21 heavy (non-hydrogen) atoms. The molecule has 1 aliphatic rings. The van der Waals surface area contributed by atoms with Gasteiger partial charge in [-0.3, -0.25) is 4.90 Å². The molecule has 0 radical (unpaired) electrons. The summed E-state index contributed by atoms with van der Waals surface area (Å²) >= 11 is 3.74. The topological polar surface area (TPSA) is 24.5 Å². The second-order valence-corrected chi connectivity index (χ2v) is 6.70. The van der Waals surface area contributed by atoms with Gasteiger partial charge in [0.25, 0.3) is 0 Å². The lowest BCUT2D eigenvalue weighted by Gasteiger charge is -2.38. The van der Waals surface area contributed by atoms with E-state index in [2.05, 4.69) is 65.1 Å². The van der Waals surface area contributed by atoms with Crippen molar-refractivity contribution >= 4 is 15.9 Å². The molecule has 1 heterocycles. The van der Waals surface area contributed by atoms with E-state index in [4.69, 9.17) is 4.74 Å². The van der Waals surface area contributed by atoms with Gasteiger partial charge in [0.1, 0.15) is 0 Å². The highest BCUT2D eigenvalue weighted by Crippen LogP contribution is 2.24. The summed E-state index contributed by atoms with van der Waals surface area (Å²) in [7, 11) is 0. The van der Waals surface area contributed by atoms with Crippen LogP contribution >= 0.6 is 15.9 Å². The van der Waals surface area contributed by atoms with Gasteiger partial charge in [0.15, 0.2) is 0 Å². The number of hydrogen-bond acceptors (Lipinski definition) is 3. The summed E-state index contributed by atoms with van der Waals surface area (Å²) in [6.45, 7) is 11.3. The van der Waals surface area contributed by atoms with Gasteiger partial charge in [-0.25, -0.2) is 0 Å². The van der Waals surface area contributed by atoms with Crippen molar-refractivity contribution in [2.75, 3.05) is 19.7 Å². The normalized spacial score (nSPS) is 23.4. The van der Waals surface area contributed by atoms with Crippen molar-refractivity contribution in [1.29, 1.82) is 0 Å². The van der Waals surface area contributed by atoms with Crippen LogP contribution in [0.5, 0.6) is 0 Å². The Morgan fingerprint density at radius 2 is 2.19 bits per heavy atom. The molecule has 2 atom stereocenters. The number of halogens is 1. The molecule has 118 valence electrons. The Morgan fingerprint density at radius 3 is 2.86 bits per heavy atom. The largest absolute Gasteiger partial charge is 0.376 e. The first kappa shape index (κ1) is 16.9. The molecule has 1 aromatic rings. The third-order valence-electron chi connectivity index (χ3n) is 4.12.